The summed E-state index contributed by atoms with van der Waals surface area (Å²) in [5.41, 5.74) is 1.40. The largest absolute Gasteiger partial charge is 0.481 e. The van der Waals surface area contributed by atoms with Crippen molar-refractivity contribution in [1.82, 2.24) is 5.32 Å². The highest BCUT2D eigenvalue weighted by Gasteiger charge is 2.35. The summed E-state index contributed by atoms with van der Waals surface area (Å²) < 4.78 is 0. The molecule has 0 aliphatic heterocycles. The van der Waals surface area contributed by atoms with Gasteiger partial charge in [-0.15, -0.1) is 11.8 Å². The molecule has 1 amide bonds. The van der Waals surface area contributed by atoms with Gasteiger partial charge in [0.15, 0.2) is 0 Å². The Hall–Kier alpha value is -1.49. The van der Waals surface area contributed by atoms with E-state index < -0.39 is 5.97 Å². The van der Waals surface area contributed by atoms with Crippen molar-refractivity contribution in [3.05, 3.63) is 29.8 Å². The number of nitrogens with one attached hydrogen (secondary N) is 1. The van der Waals surface area contributed by atoms with Crippen LogP contribution in [0.2, 0.25) is 0 Å². The average Bonchev–Trinajstić information content (AvgIpc) is 2.39. The second kappa shape index (κ2) is 6.73. The van der Waals surface area contributed by atoms with Gasteiger partial charge >= 0.3 is 5.97 Å². The Morgan fingerprint density at radius 2 is 1.82 bits per heavy atom. The maximum absolute atomic E-state index is 11.8. The van der Waals surface area contributed by atoms with Gasteiger partial charge in [-0.05, 0) is 36.0 Å². The number of carboxylic acids is 1. The number of hydrogen-bond acceptors (Lipinski definition) is 3. The Morgan fingerprint density at radius 1 is 1.23 bits per heavy atom. The summed E-state index contributed by atoms with van der Waals surface area (Å²) >= 11 is 1.50. The Balaban J connectivity index is 1.74. The van der Waals surface area contributed by atoms with E-state index in [1.165, 1.54) is 17.3 Å². The second-order valence-corrected chi connectivity index (χ2v) is 7.88. The molecule has 1 aliphatic rings. The first-order chi connectivity index (χ1) is 10.3. The average molecular weight is 321 g/mol. The quantitative estimate of drug-likeness (QED) is 0.818. The molecule has 0 heterocycles. The molecule has 1 aromatic carbocycles. The van der Waals surface area contributed by atoms with E-state index in [-0.39, 0.29) is 23.3 Å². The van der Waals surface area contributed by atoms with Crippen molar-refractivity contribution in [3.8, 4) is 0 Å². The molecule has 0 spiro atoms. The molecule has 2 rings (SSSR count). The lowest BCUT2D eigenvalue weighted by atomic mass is 9.80. The molecule has 1 aliphatic carbocycles. The van der Waals surface area contributed by atoms with Gasteiger partial charge in [-0.3, -0.25) is 9.59 Å². The van der Waals surface area contributed by atoms with Crippen LogP contribution in [0.1, 0.15) is 39.2 Å². The van der Waals surface area contributed by atoms with Crippen molar-refractivity contribution in [2.75, 3.05) is 5.75 Å². The highest BCUT2D eigenvalue weighted by Crippen LogP contribution is 2.28. The number of rotatable bonds is 5. The van der Waals surface area contributed by atoms with E-state index in [9.17, 15) is 9.59 Å². The standard InChI is InChI=1S/C17H23NO3S/c1-17(2,3)12-4-6-14(7-5-12)22-10-15(19)18-13-8-11(9-13)16(20)21/h4-7,11,13H,8-10H2,1-3H3,(H,18,19)(H,20,21). The molecule has 22 heavy (non-hydrogen) atoms. The third kappa shape index (κ3) is 4.50. The van der Waals surface area contributed by atoms with Crippen LogP contribution in [0, 0.1) is 5.92 Å². The van der Waals surface area contributed by atoms with Gasteiger partial charge in [0.1, 0.15) is 0 Å². The normalized spacial score (nSPS) is 21.0. The van der Waals surface area contributed by atoms with Crippen LogP contribution in [0.15, 0.2) is 29.2 Å². The van der Waals surface area contributed by atoms with Gasteiger partial charge in [0.05, 0.1) is 11.7 Å². The van der Waals surface area contributed by atoms with Gasteiger partial charge in [0, 0.05) is 10.9 Å². The van der Waals surface area contributed by atoms with Crippen LogP contribution in [0.3, 0.4) is 0 Å². The Bertz CT molecular complexity index is 542. The third-order valence-electron chi connectivity index (χ3n) is 3.94. The van der Waals surface area contributed by atoms with Crippen LogP contribution in [0.25, 0.3) is 0 Å². The maximum Gasteiger partial charge on any atom is 0.306 e. The molecule has 120 valence electrons. The minimum atomic E-state index is -0.765. The molecular weight excluding hydrogens is 298 g/mol. The van der Waals surface area contributed by atoms with Crippen LogP contribution < -0.4 is 5.32 Å². The lowest BCUT2D eigenvalue weighted by Crippen LogP contribution is -2.47. The second-order valence-electron chi connectivity index (χ2n) is 6.83. The van der Waals surface area contributed by atoms with Gasteiger partial charge in [-0.25, -0.2) is 0 Å². The summed E-state index contributed by atoms with van der Waals surface area (Å²) in [6.07, 6.45) is 1.10. The molecule has 4 nitrogen and oxygen atoms in total. The van der Waals surface area contributed by atoms with Crippen LogP contribution in [-0.4, -0.2) is 28.8 Å². The number of thioether (sulfide) groups is 1. The summed E-state index contributed by atoms with van der Waals surface area (Å²) in [7, 11) is 0. The fourth-order valence-electron chi connectivity index (χ4n) is 2.41. The number of carboxylic acid groups (broad SMARTS) is 1. The first kappa shape index (κ1) is 16.9. The van der Waals surface area contributed by atoms with Crippen molar-refractivity contribution in [2.45, 2.75) is 50.0 Å². The molecule has 2 N–H and O–H groups in total. The molecule has 0 bridgehead atoms. The van der Waals surface area contributed by atoms with Crippen LogP contribution in [0.5, 0.6) is 0 Å². The van der Waals surface area contributed by atoms with Gasteiger partial charge < -0.3 is 10.4 Å². The van der Waals surface area contributed by atoms with Crippen molar-refractivity contribution in [3.63, 3.8) is 0 Å². The summed E-state index contributed by atoms with van der Waals surface area (Å²) in [5, 5.41) is 11.7. The summed E-state index contributed by atoms with van der Waals surface area (Å²) in [6, 6.07) is 8.32. The van der Waals surface area contributed by atoms with Gasteiger partial charge in [-0.1, -0.05) is 32.9 Å². The Labute approximate surface area is 135 Å². The molecule has 1 saturated carbocycles. The number of amides is 1. The summed E-state index contributed by atoms with van der Waals surface area (Å²) in [6.45, 7) is 6.52. The fraction of sp³-hybridized carbons (Fsp3) is 0.529. The minimum Gasteiger partial charge on any atom is -0.481 e. The summed E-state index contributed by atoms with van der Waals surface area (Å²) in [5.74, 6) is -0.719. The van der Waals surface area contributed by atoms with Crippen molar-refractivity contribution >= 4 is 23.6 Å². The zero-order valence-electron chi connectivity index (χ0n) is 13.3. The SMILES string of the molecule is CC(C)(C)c1ccc(SCC(=O)NC2CC(C(=O)O)C2)cc1. The van der Waals surface area contributed by atoms with Crippen LogP contribution in [-0.2, 0) is 15.0 Å². The lowest BCUT2D eigenvalue weighted by molar-refractivity contribution is -0.146. The highest BCUT2D eigenvalue weighted by molar-refractivity contribution is 8.00. The van der Waals surface area contributed by atoms with E-state index in [1.807, 2.05) is 12.1 Å². The summed E-state index contributed by atoms with van der Waals surface area (Å²) in [4.78, 5) is 23.6. The van der Waals surface area contributed by atoms with E-state index in [0.29, 0.717) is 18.6 Å². The number of benzene rings is 1. The molecule has 0 atom stereocenters. The molecule has 0 aromatic heterocycles. The first-order valence-corrected chi connectivity index (χ1v) is 8.50. The minimum absolute atomic E-state index is 0.0254. The first-order valence-electron chi connectivity index (χ1n) is 7.51. The lowest BCUT2D eigenvalue weighted by Gasteiger charge is -2.32. The Morgan fingerprint density at radius 3 is 2.32 bits per heavy atom. The van der Waals surface area contributed by atoms with Crippen LogP contribution >= 0.6 is 11.8 Å². The maximum atomic E-state index is 11.8. The molecule has 5 heteroatoms. The number of carbonyl (C=O) groups excluding carboxylic acids is 1. The zero-order chi connectivity index (χ0) is 16.3. The van der Waals surface area contributed by atoms with E-state index >= 15 is 0 Å². The topological polar surface area (TPSA) is 66.4 Å². The van der Waals surface area contributed by atoms with Gasteiger partial charge in [0.2, 0.25) is 5.91 Å². The third-order valence-corrected chi connectivity index (χ3v) is 4.95. The van der Waals surface area contributed by atoms with Gasteiger partial charge in [-0.2, -0.15) is 0 Å². The predicted molar refractivity (Wildman–Crippen MR) is 88.2 cm³/mol. The molecule has 0 unspecified atom stereocenters. The zero-order valence-corrected chi connectivity index (χ0v) is 14.1. The monoisotopic (exact) mass is 321 g/mol. The molecule has 0 radical (unpaired) electrons. The van der Waals surface area contributed by atoms with E-state index in [4.69, 9.17) is 5.11 Å². The molecule has 1 aromatic rings. The van der Waals surface area contributed by atoms with Crippen molar-refractivity contribution < 1.29 is 14.7 Å². The number of carbonyl (C=O) groups is 2. The number of aliphatic carboxylic acids is 1. The van der Waals surface area contributed by atoms with Crippen molar-refractivity contribution in [2.24, 2.45) is 5.92 Å². The van der Waals surface area contributed by atoms with Gasteiger partial charge in [0.25, 0.3) is 0 Å². The highest BCUT2D eigenvalue weighted by atomic mass is 32.2. The molecule has 1 fully saturated rings. The smallest absolute Gasteiger partial charge is 0.306 e. The Kier molecular flexibility index (Phi) is 5.16. The van der Waals surface area contributed by atoms with Crippen molar-refractivity contribution in [1.29, 1.82) is 0 Å². The molecular formula is C17H23NO3S. The number of hydrogen-bond donors (Lipinski definition) is 2. The fourth-order valence-corrected chi connectivity index (χ4v) is 3.12. The molecule has 0 saturated heterocycles. The van der Waals surface area contributed by atoms with E-state index in [1.54, 1.807) is 0 Å². The van der Waals surface area contributed by atoms with E-state index in [2.05, 4.69) is 38.2 Å². The predicted octanol–water partition coefficient (Wildman–Crippen LogP) is 3.06. The van der Waals surface area contributed by atoms with Crippen LogP contribution in [0.4, 0.5) is 0 Å². The van der Waals surface area contributed by atoms with E-state index in [0.717, 1.165) is 4.90 Å².